The van der Waals surface area contributed by atoms with E-state index in [0.29, 0.717) is 13.0 Å². The first-order chi connectivity index (χ1) is 7.22. The van der Waals surface area contributed by atoms with Crippen molar-refractivity contribution in [3.63, 3.8) is 0 Å². The normalized spacial score (nSPS) is 20.4. The Morgan fingerprint density at radius 2 is 2.20 bits per heavy atom. The molecule has 1 aromatic rings. The standard InChI is InChI=1S/C11H9BrN2O/c12-9-3-1-2-4-10(9)14-7-8(6-13)5-11(14)15/h1-4,8H,5,7H2. The second-order valence-corrected chi connectivity index (χ2v) is 4.34. The molecule has 1 fully saturated rings. The predicted molar refractivity (Wildman–Crippen MR) is 60.2 cm³/mol. The lowest BCUT2D eigenvalue weighted by atomic mass is 10.1. The van der Waals surface area contributed by atoms with Crippen molar-refractivity contribution >= 4 is 27.5 Å². The number of carbonyl (C=O) groups excluding carboxylic acids is 1. The molecule has 0 radical (unpaired) electrons. The molecule has 0 aliphatic carbocycles. The van der Waals surface area contributed by atoms with Gasteiger partial charge in [0.15, 0.2) is 0 Å². The van der Waals surface area contributed by atoms with Gasteiger partial charge in [0.1, 0.15) is 0 Å². The fourth-order valence-electron chi connectivity index (χ4n) is 1.70. The number of anilines is 1. The van der Waals surface area contributed by atoms with E-state index in [1.54, 1.807) is 4.90 Å². The zero-order valence-corrected chi connectivity index (χ0v) is 9.57. The molecular formula is C11H9BrN2O. The Bertz CT molecular complexity index is 438. The van der Waals surface area contributed by atoms with Gasteiger partial charge in [-0.2, -0.15) is 5.26 Å². The van der Waals surface area contributed by atoms with Gasteiger partial charge in [0.05, 0.1) is 17.7 Å². The van der Waals surface area contributed by atoms with Crippen LogP contribution in [0.4, 0.5) is 5.69 Å². The Balaban J connectivity index is 2.30. The monoisotopic (exact) mass is 264 g/mol. The SMILES string of the molecule is N#CC1CC(=O)N(c2ccccc2Br)C1. The van der Waals surface area contributed by atoms with E-state index in [0.717, 1.165) is 10.2 Å². The molecule has 0 N–H and O–H groups in total. The van der Waals surface area contributed by atoms with E-state index in [9.17, 15) is 4.79 Å². The van der Waals surface area contributed by atoms with Crippen LogP contribution in [0.2, 0.25) is 0 Å². The average Bonchev–Trinajstić information content (AvgIpc) is 2.60. The van der Waals surface area contributed by atoms with Crippen LogP contribution in [0.15, 0.2) is 28.7 Å². The number of nitrogens with zero attached hydrogens (tertiary/aromatic N) is 2. The first-order valence-electron chi connectivity index (χ1n) is 4.67. The lowest BCUT2D eigenvalue weighted by Crippen LogP contribution is -2.24. The minimum absolute atomic E-state index is 0.0217. The maximum absolute atomic E-state index is 11.7. The molecule has 76 valence electrons. The van der Waals surface area contributed by atoms with Gasteiger partial charge in [0, 0.05) is 17.4 Å². The Morgan fingerprint density at radius 1 is 1.47 bits per heavy atom. The molecule has 1 aliphatic heterocycles. The molecule has 1 unspecified atom stereocenters. The summed E-state index contributed by atoms with van der Waals surface area (Å²) < 4.78 is 0.886. The Kier molecular flexibility index (Phi) is 2.74. The summed E-state index contributed by atoms with van der Waals surface area (Å²) >= 11 is 3.40. The first kappa shape index (κ1) is 10.2. The number of hydrogen-bond donors (Lipinski definition) is 0. The molecule has 0 spiro atoms. The highest BCUT2D eigenvalue weighted by Crippen LogP contribution is 2.30. The van der Waals surface area contributed by atoms with Crippen LogP contribution in [0.25, 0.3) is 0 Å². The smallest absolute Gasteiger partial charge is 0.228 e. The number of halogens is 1. The topological polar surface area (TPSA) is 44.1 Å². The summed E-state index contributed by atoms with van der Waals surface area (Å²) in [6.45, 7) is 0.498. The van der Waals surface area contributed by atoms with Crippen molar-refractivity contribution in [1.29, 1.82) is 5.26 Å². The van der Waals surface area contributed by atoms with Gasteiger partial charge < -0.3 is 4.90 Å². The second-order valence-electron chi connectivity index (χ2n) is 3.49. The molecule has 1 atom stereocenters. The maximum Gasteiger partial charge on any atom is 0.228 e. The summed E-state index contributed by atoms with van der Waals surface area (Å²) in [6.07, 6.45) is 0.331. The summed E-state index contributed by atoms with van der Waals surface area (Å²) in [5.74, 6) is -0.155. The molecule has 3 nitrogen and oxygen atoms in total. The highest BCUT2D eigenvalue weighted by molar-refractivity contribution is 9.10. The van der Waals surface area contributed by atoms with Crippen molar-refractivity contribution in [3.8, 4) is 6.07 Å². The minimum atomic E-state index is -0.176. The van der Waals surface area contributed by atoms with Gasteiger partial charge in [0.2, 0.25) is 5.91 Å². The van der Waals surface area contributed by atoms with Gasteiger partial charge in [-0.15, -0.1) is 0 Å². The summed E-state index contributed by atoms with van der Waals surface area (Å²) in [4.78, 5) is 13.3. The average molecular weight is 265 g/mol. The lowest BCUT2D eigenvalue weighted by Gasteiger charge is -2.17. The van der Waals surface area contributed by atoms with Crippen LogP contribution in [0.5, 0.6) is 0 Å². The van der Waals surface area contributed by atoms with Crippen molar-refractivity contribution in [3.05, 3.63) is 28.7 Å². The summed E-state index contributed by atoms with van der Waals surface area (Å²) in [6, 6.07) is 9.68. The summed E-state index contributed by atoms with van der Waals surface area (Å²) in [5, 5.41) is 8.78. The molecule has 1 aliphatic rings. The molecule has 0 saturated carbocycles. The van der Waals surface area contributed by atoms with Crippen LogP contribution in [0.1, 0.15) is 6.42 Å². The van der Waals surface area contributed by atoms with E-state index in [1.807, 2.05) is 24.3 Å². The second kappa shape index (κ2) is 4.03. The summed E-state index contributed by atoms with van der Waals surface area (Å²) in [5.41, 5.74) is 0.847. The zero-order chi connectivity index (χ0) is 10.8. The van der Waals surface area contributed by atoms with Crippen molar-refractivity contribution in [2.75, 3.05) is 11.4 Å². The molecule has 1 saturated heterocycles. The fraction of sp³-hybridized carbons (Fsp3) is 0.273. The van der Waals surface area contributed by atoms with E-state index in [1.165, 1.54) is 0 Å². The van der Waals surface area contributed by atoms with E-state index in [-0.39, 0.29) is 11.8 Å². The van der Waals surface area contributed by atoms with Crippen molar-refractivity contribution in [2.45, 2.75) is 6.42 Å². The first-order valence-corrected chi connectivity index (χ1v) is 5.46. The van der Waals surface area contributed by atoms with Crippen LogP contribution >= 0.6 is 15.9 Å². The van der Waals surface area contributed by atoms with E-state index in [2.05, 4.69) is 22.0 Å². The molecular weight excluding hydrogens is 256 g/mol. The molecule has 1 aromatic carbocycles. The van der Waals surface area contributed by atoms with Gasteiger partial charge in [-0.3, -0.25) is 4.79 Å². The number of amides is 1. The molecule has 2 rings (SSSR count). The predicted octanol–water partition coefficient (Wildman–Crippen LogP) is 2.33. The van der Waals surface area contributed by atoms with Crippen LogP contribution < -0.4 is 4.90 Å². The summed E-state index contributed by atoms with van der Waals surface area (Å²) in [7, 11) is 0. The number of hydrogen-bond acceptors (Lipinski definition) is 2. The maximum atomic E-state index is 11.7. The third-order valence-corrected chi connectivity index (χ3v) is 3.12. The highest BCUT2D eigenvalue weighted by atomic mass is 79.9. The number of benzene rings is 1. The van der Waals surface area contributed by atoms with E-state index >= 15 is 0 Å². The Morgan fingerprint density at radius 3 is 2.80 bits per heavy atom. The number of carbonyl (C=O) groups is 1. The Labute approximate surface area is 96.4 Å². The van der Waals surface area contributed by atoms with Crippen molar-refractivity contribution in [2.24, 2.45) is 5.92 Å². The van der Waals surface area contributed by atoms with Crippen LogP contribution in [-0.4, -0.2) is 12.5 Å². The van der Waals surface area contributed by atoms with E-state index < -0.39 is 0 Å². The van der Waals surface area contributed by atoms with E-state index in [4.69, 9.17) is 5.26 Å². The minimum Gasteiger partial charge on any atom is -0.310 e. The van der Waals surface area contributed by atoms with Gasteiger partial charge in [0.25, 0.3) is 0 Å². The van der Waals surface area contributed by atoms with Gasteiger partial charge in [-0.25, -0.2) is 0 Å². The fourth-order valence-corrected chi connectivity index (χ4v) is 2.20. The molecule has 15 heavy (non-hydrogen) atoms. The third kappa shape index (κ3) is 1.88. The van der Waals surface area contributed by atoms with Crippen LogP contribution in [0.3, 0.4) is 0 Å². The highest BCUT2D eigenvalue weighted by Gasteiger charge is 2.31. The van der Waals surface area contributed by atoms with Crippen molar-refractivity contribution < 1.29 is 4.79 Å². The molecule has 1 heterocycles. The van der Waals surface area contributed by atoms with Crippen LogP contribution in [0, 0.1) is 17.2 Å². The van der Waals surface area contributed by atoms with Gasteiger partial charge in [-0.05, 0) is 28.1 Å². The van der Waals surface area contributed by atoms with Gasteiger partial charge >= 0.3 is 0 Å². The molecule has 1 amide bonds. The Hall–Kier alpha value is -1.34. The number of rotatable bonds is 1. The third-order valence-electron chi connectivity index (χ3n) is 2.45. The quantitative estimate of drug-likeness (QED) is 0.782. The largest absolute Gasteiger partial charge is 0.310 e. The zero-order valence-electron chi connectivity index (χ0n) is 7.98. The molecule has 0 aromatic heterocycles. The van der Waals surface area contributed by atoms with Crippen LogP contribution in [-0.2, 0) is 4.79 Å². The number of para-hydroxylation sites is 1. The number of nitriles is 1. The molecule has 4 heteroatoms. The molecule has 0 bridgehead atoms. The lowest BCUT2D eigenvalue weighted by molar-refractivity contribution is -0.117. The van der Waals surface area contributed by atoms with Gasteiger partial charge in [-0.1, -0.05) is 12.1 Å². The van der Waals surface area contributed by atoms with Crippen molar-refractivity contribution in [1.82, 2.24) is 0 Å².